The highest BCUT2D eigenvalue weighted by atomic mass is 32.2. The van der Waals surface area contributed by atoms with Gasteiger partial charge in [0, 0.05) is 25.2 Å². The molecule has 2 aromatic rings. The molecule has 0 spiro atoms. The second-order valence-electron chi connectivity index (χ2n) is 6.72. The van der Waals surface area contributed by atoms with Crippen LogP contribution in [-0.2, 0) is 21.2 Å². The first-order chi connectivity index (χ1) is 14.8. The maximum atomic E-state index is 12.9. The van der Waals surface area contributed by atoms with E-state index >= 15 is 0 Å². The predicted molar refractivity (Wildman–Crippen MR) is 119 cm³/mol. The summed E-state index contributed by atoms with van der Waals surface area (Å²) in [5.41, 5.74) is 1.23. The molecule has 31 heavy (non-hydrogen) atoms. The van der Waals surface area contributed by atoms with E-state index in [1.54, 1.807) is 13.8 Å². The molecule has 0 heterocycles. The number of carbonyl (C=O) groups excluding carboxylic acids is 2. The van der Waals surface area contributed by atoms with Gasteiger partial charge in [-0.1, -0.05) is 44.2 Å². The van der Waals surface area contributed by atoms with Crippen LogP contribution in [0.3, 0.4) is 0 Å². The summed E-state index contributed by atoms with van der Waals surface area (Å²) in [5.74, 6) is -0.715. The minimum absolute atomic E-state index is 0.0846. The lowest BCUT2D eigenvalue weighted by Gasteiger charge is -2.20. The van der Waals surface area contributed by atoms with Crippen LogP contribution >= 0.6 is 0 Å². The van der Waals surface area contributed by atoms with Gasteiger partial charge in [0.25, 0.3) is 5.91 Å². The Bertz CT molecular complexity index is 989. The first-order valence-corrected chi connectivity index (χ1v) is 11.5. The van der Waals surface area contributed by atoms with Crippen molar-refractivity contribution >= 4 is 21.8 Å². The summed E-state index contributed by atoms with van der Waals surface area (Å²) < 4.78 is 32.3. The number of methoxy groups -OCH3 is 1. The Kier molecular flexibility index (Phi) is 9.02. The zero-order valence-corrected chi connectivity index (χ0v) is 18.9. The molecule has 0 aliphatic rings. The molecule has 8 nitrogen and oxygen atoms in total. The van der Waals surface area contributed by atoms with E-state index in [0.717, 1.165) is 5.56 Å². The van der Waals surface area contributed by atoms with Crippen LogP contribution in [0, 0.1) is 0 Å². The van der Waals surface area contributed by atoms with Gasteiger partial charge in [-0.05, 0) is 30.2 Å². The topological polar surface area (TPSA) is 105 Å². The van der Waals surface area contributed by atoms with Crippen LogP contribution in [0.25, 0.3) is 0 Å². The first kappa shape index (κ1) is 24.4. The number of hydrogen-bond donors (Lipinski definition) is 2. The van der Waals surface area contributed by atoms with Crippen molar-refractivity contribution in [2.75, 3.05) is 33.3 Å². The highest BCUT2D eigenvalue weighted by Crippen LogP contribution is 2.27. The number of rotatable bonds is 11. The van der Waals surface area contributed by atoms with Crippen LogP contribution in [0.5, 0.6) is 5.75 Å². The molecule has 2 amide bonds. The molecule has 0 saturated heterocycles. The molecular weight excluding hydrogens is 418 g/mol. The van der Waals surface area contributed by atoms with E-state index in [9.17, 15) is 18.0 Å². The molecule has 0 saturated carbocycles. The maximum absolute atomic E-state index is 12.9. The van der Waals surface area contributed by atoms with Gasteiger partial charge < -0.3 is 15.4 Å². The van der Waals surface area contributed by atoms with Crippen molar-refractivity contribution in [3.8, 4) is 5.75 Å². The Balaban J connectivity index is 2.01. The Morgan fingerprint density at radius 3 is 2.29 bits per heavy atom. The number of nitrogens with one attached hydrogen (secondary N) is 2. The molecule has 0 unspecified atom stereocenters. The van der Waals surface area contributed by atoms with E-state index in [1.165, 1.54) is 29.6 Å². The number of ether oxygens (including phenoxy) is 1. The molecule has 2 N–H and O–H groups in total. The zero-order valence-electron chi connectivity index (χ0n) is 18.1. The van der Waals surface area contributed by atoms with Gasteiger partial charge in [-0.25, -0.2) is 8.42 Å². The fourth-order valence-corrected chi connectivity index (χ4v) is 4.68. The third-order valence-electron chi connectivity index (χ3n) is 4.74. The van der Waals surface area contributed by atoms with Crippen molar-refractivity contribution in [2.45, 2.75) is 25.2 Å². The monoisotopic (exact) mass is 447 g/mol. The van der Waals surface area contributed by atoms with Gasteiger partial charge in [0.1, 0.15) is 10.6 Å². The van der Waals surface area contributed by atoms with E-state index in [0.29, 0.717) is 26.1 Å². The van der Waals surface area contributed by atoms with Gasteiger partial charge in [-0.2, -0.15) is 4.31 Å². The zero-order chi connectivity index (χ0) is 22.9. The number of nitrogens with zero attached hydrogens (tertiary/aromatic N) is 1. The summed E-state index contributed by atoms with van der Waals surface area (Å²) in [6.07, 6.45) is 0.686. The Morgan fingerprint density at radius 2 is 1.68 bits per heavy atom. The van der Waals surface area contributed by atoms with Crippen LogP contribution in [-0.4, -0.2) is 57.8 Å². The number of amides is 2. The lowest BCUT2D eigenvalue weighted by atomic mass is 10.1. The van der Waals surface area contributed by atoms with Crippen LogP contribution in [0.1, 0.15) is 29.8 Å². The average molecular weight is 448 g/mol. The number of carbonyl (C=O) groups is 2. The standard InChI is InChI=1S/C22H29N3O5S/c1-4-25(5-2)31(28,29)20-15-18(11-12-19(20)30-3)22(27)24-16-21(26)23-14-13-17-9-7-6-8-10-17/h6-12,15H,4-5,13-14,16H2,1-3H3,(H,23,26)(H,24,27). The lowest BCUT2D eigenvalue weighted by Crippen LogP contribution is -2.37. The van der Waals surface area contributed by atoms with Crippen LogP contribution in [0.4, 0.5) is 0 Å². The van der Waals surface area contributed by atoms with Gasteiger partial charge in [-0.15, -0.1) is 0 Å². The van der Waals surface area contributed by atoms with Gasteiger partial charge in [0.15, 0.2) is 0 Å². The minimum Gasteiger partial charge on any atom is -0.495 e. The van der Waals surface area contributed by atoms with E-state index in [4.69, 9.17) is 4.74 Å². The summed E-state index contributed by atoms with van der Waals surface area (Å²) in [6, 6.07) is 13.9. The summed E-state index contributed by atoms with van der Waals surface area (Å²) >= 11 is 0. The fraction of sp³-hybridized carbons (Fsp3) is 0.364. The lowest BCUT2D eigenvalue weighted by molar-refractivity contribution is -0.120. The quantitative estimate of drug-likeness (QED) is 0.547. The van der Waals surface area contributed by atoms with Crippen LogP contribution in [0.15, 0.2) is 53.4 Å². The van der Waals surface area contributed by atoms with Crippen molar-refractivity contribution in [3.63, 3.8) is 0 Å². The van der Waals surface area contributed by atoms with Crippen molar-refractivity contribution < 1.29 is 22.7 Å². The molecule has 2 aromatic carbocycles. The summed E-state index contributed by atoms with van der Waals surface area (Å²) in [4.78, 5) is 24.4. The van der Waals surface area contributed by atoms with E-state index in [2.05, 4.69) is 10.6 Å². The second kappa shape index (κ2) is 11.5. The van der Waals surface area contributed by atoms with E-state index < -0.39 is 15.9 Å². The Hall–Kier alpha value is -2.91. The van der Waals surface area contributed by atoms with Gasteiger partial charge in [-0.3, -0.25) is 9.59 Å². The van der Waals surface area contributed by atoms with E-state index in [-0.39, 0.29) is 28.7 Å². The van der Waals surface area contributed by atoms with Crippen LogP contribution < -0.4 is 15.4 Å². The van der Waals surface area contributed by atoms with Crippen molar-refractivity contribution in [1.29, 1.82) is 0 Å². The van der Waals surface area contributed by atoms with E-state index in [1.807, 2.05) is 30.3 Å². The van der Waals surface area contributed by atoms with Gasteiger partial charge in [0.2, 0.25) is 15.9 Å². The van der Waals surface area contributed by atoms with Gasteiger partial charge in [0.05, 0.1) is 13.7 Å². The van der Waals surface area contributed by atoms with Crippen molar-refractivity contribution in [2.24, 2.45) is 0 Å². The highest BCUT2D eigenvalue weighted by molar-refractivity contribution is 7.89. The molecule has 0 aromatic heterocycles. The minimum atomic E-state index is -3.82. The molecule has 0 radical (unpaired) electrons. The molecule has 0 aliphatic carbocycles. The molecule has 0 fully saturated rings. The molecule has 0 bridgehead atoms. The Morgan fingerprint density at radius 1 is 1.00 bits per heavy atom. The highest BCUT2D eigenvalue weighted by Gasteiger charge is 2.26. The molecule has 9 heteroatoms. The van der Waals surface area contributed by atoms with Crippen molar-refractivity contribution in [1.82, 2.24) is 14.9 Å². The molecule has 0 aliphatic heterocycles. The largest absolute Gasteiger partial charge is 0.495 e. The molecule has 0 atom stereocenters. The molecular formula is C22H29N3O5S. The Labute approximate surface area is 183 Å². The number of sulfonamides is 1. The summed E-state index contributed by atoms with van der Waals surface area (Å²) in [7, 11) is -2.45. The summed E-state index contributed by atoms with van der Waals surface area (Å²) in [5, 5.41) is 5.27. The smallest absolute Gasteiger partial charge is 0.251 e. The van der Waals surface area contributed by atoms with Gasteiger partial charge >= 0.3 is 0 Å². The molecule has 2 rings (SSSR count). The SMILES string of the molecule is CCN(CC)S(=O)(=O)c1cc(C(=O)NCC(=O)NCCc2ccccc2)ccc1OC. The normalized spacial score (nSPS) is 11.2. The number of hydrogen-bond acceptors (Lipinski definition) is 5. The fourth-order valence-electron chi connectivity index (χ4n) is 3.04. The molecule has 168 valence electrons. The summed E-state index contributed by atoms with van der Waals surface area (Å²) in [6.45, 7) is 4.30. The predicted octanol–water partition coefficient (Wildman–Crippen LogP) is 1.81. The second-order valence-corrected chi connectivity index (χ2v) is 8.63. The van der Waals surface area contributed by atoms with Crippen molar-refractivity contribution in [3.05, 3.63) is 59.7 Å². The average Bonchev–Trinajstić information content (AvgIpc) is 2.78. The van der Waals surface area contributed by atoms with Crippen LogP contribution in [0.2, 0.25) is 0 Å². The number of benzene rings is 2. The first-order valence-electron chi connectivity index (χ1n) is 10.1. The third kappa shape index (κ3) is 6.53. The third-order valence-corrected chi connectivity index (χ3v) is 6.81. The maximum Gasteiger partial charge on any atom is 0.251 e.